The van der Waals surface area contributed by atoms with Crippen molar-refractivity contribution in [2.45, 2.75) is 0 Å². The molecule has 0 heterocycles. The Labute approximate surface area is 116 Å². The van der Waals surface area contributed by atoms with Crippen LogP contribution in [-0.4, -0.2) is 23.1 Å². The van der Waals surface area contributed by atoms with E-state index in [1.165, 1.54) is 25.3 Å². The summed E-state index contributed by atoms with van der Waals surface area (Å²) in [5, 5.41) is 19.5. The first-order valence-corrected chi connectivity index (χ1v) is 6.00. The number of aromatic hydroxyl groups is 2. The van der Waals surface area contributed by atoms with E-state index in [2.05, 4.69) is 0 Å². The Balaban J connectivity index is 2.24. The Kier molecular flexibility index (Phi) is 4.05. The smallest absolute Gasteiger partial charge is 0.201 e. The number of methoxy groups -OCH3 is 1. The van der Waals surface area contributed by atoms with Crippen LogP contribution in [0.3, 0.4) is 0 Å². The van der Waals surface area contributed by atoms with Crippen molar-refractivity contribution in [2.75, 3.05) is 7.11 Å². The molecular formula is C16H14O4. The molecule has 0 aromatic heterocycles. The Morgan fingerprint density at radius 2 is 1.75 bits per heavy atom. The second-order valence-electron chi connectivity index (χ2n) is 4.12. The molecule has 0 spiro atoms. The van der Waals surface area contributed by atoms with Gasteiger partial charge in [0.25, 0.3) is 0 Å². The molecule has 2 N–H and O–H groups in total. The van der Waals surface area contributed by atoms with Gasteiger partial charge in [-0.1, -0.05) is 30.3 Å². The van der Waals surface area contributed by atoms with Crippen LogP contribution in [0.5, 0.6) is 17.2 Å². The minimum atomic E-state index is -0.346. The number of hydrogen-bond acceptors (Lipinski definition) is 4. The molecule has 0 fully saturated rings. The van der Waals surface area contributed by atoms with E-state index < -0.39 is 0 Å². The first-order chi connectivity index (χ1) is 9.63. The number of carbonyl (C=O) groups excluding carboxylic acids is 1. The van der Waals surface area contributed by atoms with Crippen LogP contribution in [0.1, 0.15) is 15.9 Å². The Hall–Kier alpha value is -2.75. The number of hydrogen-bond donors (Lipinski definition) is 2. The lowest BCUT2D eigenvalue weighted by Gasteiger charge is -2.06. The highest BCUT2D eigenvalue weighted by Gasteiger charge is 2.10. The van der Waals surface area contributed by atoms with Crippen molar-refractivity contribution >= 4 is 11.9 Å². The summed E-state index contributed by atoms with van der Waals surface area (Å²) >= 11 is 0. The van der Waals surface area contributed by atoms with Crippen LogP contribution in [0.2, 0.25) is 0 Å². The average molecular weight is 270 g/mol. The summed E-state index contributed by atoms with van der Waals surface area (Å²) in [6.45, 7) is 0. The normalized spacial score (nSPS) is 10.7. The maximum absolute atomic E-state index is 11.9. The molecule has 2 rings (SSSR count). The van der Waals surface area contributed by atoms with Crippen LogP contribution in [0.15, 0.2) is 48.5 Å². The fraction of sp³-hybridized carbons (Fsp3) is 0.0625. The molecule has 0 unspecified atom stereocenters. The van der Waals surface area contributed by atoms with E-state index in [0.29, 0.717) is 11.1 Å². The van der Waals surface area contributed by atoms with Crippen molar-refractivity contribution in [1.29, 1.82) is 0 Å². The lowest BCUT2D eigenvalue weighted by Crippen LogP contribution is -1.93. The first-order valence-electron chi connectivity index (χ1n) is 6.00. The van der Waals surface area contributed by atoms with Crippen molar-refractivity contribution in [1.82, 2.24) is 0 Å². The number of ketones is 1. The van der Waals surface area contributed by atoms with Crippen LogP contribution in [-0.2, 0) is 0 Å². The van der Waals surface area contributed by atoms with Gasteiger partial charge < -0.3 is 14.9 Å². The highest BCUT2D eigenvalue weighted by molar-refractivity contribution is 6.06. The zero-order chi connectivity index (χ0) is 14.5. The summed E-state index contributed by atoms with van der Waals surface area (Å²) in [4.78, 5) is 11.9. The molecule has 2 aromatic carbocycles. The molecule has 0 saturated carbocycles. The van der Waals surface area contributed by atoms with Gasteiger partial charge in [0, 0.05) is 11.1 Å². The molecule has 0 aliphatic carbocycles. The summed E-state index contributed by atoms with van der Waals surface area (Å²) in [6, 6.07) is 11.9. The third kappa shape index (κ3) is 2.80. The minimum Gasteiger partial charge on any atom is -0.504 e. The molecule has 0 aliphatic rings. The van der Waals surface area contributed by atoms with Gasteiger partial charge >= 0.3 is 0 Å². The third-order valence-corrected chi connectivity index (χ3v) is 2.84. The number of rotatable bonds is 4. The number of carbonyl (C=O) groups is 1. The predicted molar refractivity (Wildman–Crippen MR) is 76.1 cm³/mol. The maximum Gasteiger partial charge on any atom is 0.201 e. The summed E-state index contributed by atoms with van der Waals surface area (Å²) in [6.07, 6.45) is 2.79. The van der Waals surface area contributed by atoms with Crippen molar-refractivity contribution in [2.24, 2.45) is 0 Å². The van der Waals surface area contributed by atoms with Gasteiger partial charge in [-0.15, -0.1) is 0 Å². The highest BCUT2D eigenvalue weighted by atomic mass is 16.5. The van der Waals surface area contributed by atoms with Crippen molar-refractivity contribution < 1.29 is 19.7 Å². The van der Waals surface area contributed by atoms with Gasteiger partial charge in [0.1, 0.15) is 0 Å². The molecule has 4 heteroatoms. The molecule has 0 radical (unpaired) electrons. The standard InChI is InChI=1S/C16H14O4/c1-20-14-10-8-12(15(18)16(14)19)7-9-13(17)11-5-3-2-4-6-11/h2-10,18-19H,1H3. The van der Waals surface area contributed by atoms with Gasteiger partial charge in [-0.25, -0.2) is 0 Å². The Morgan fingerprint density at radius 3 is 2.40 bits per heavy atom. The molecule has 4 nitrogen and oxygen atoms in total. The molecule has 102 valence electrons. The van der Waals surface area contributed by atoms with E-state index in [4.69, 9.17) is 4.74 Å². The summed E-state index contributed by atoms with van der Waals surface area (Å²) in [7, 11) is 1.39. The number of allylic oxidation sites excluding steroid dienone is 1. The Bertz CT molecular complexity index is 645. The summed E-state index contributed by atoms with van der Waals surface area (Å²) < 4.78 is 4.87. The fourth-order valence-corrected chi connectivity index (χ4v) is 1.74. The fourth-order valence-electron chi connectivity index (χ4n) is 1.74. The number of benzene rings is 2. The molecule has 2 aromatic rings. The van der Waals surface area contributed by atoms with Crippen LogP contribution >= 0.6 is 0 Å². The van der Waals surface area contributed by atoms with Gasteiger partial charge in [0.2, 0.25) is 5.75 Å². The maximum atomic E-state index is 11.9. The molecular weight excluding hydrogens is 256 g/mol. The monoisotopic (exact) mass is 270 g/mol. The first kappa shape index (κ1) is 13.7. The summed E-state index contributed by atoms with van der Waals surface area (Å²) in [5.41, 5.74) is 0.897. The van der Waals surface area contributed by atoms with Crippen LogP contribution in [0.25, 0.3) is 6.08 Å². The number of ether oxygens (including phenoxy) is 1. The van der Waals surface area contributed by atoms with E-state index in [0.717, 1.165) is 0 Å². The molecule has 0 aliphatic heterocycles. The Morgan fingerprint density at radius 1 is 1.05 bits per heavy atom. The van der Waals surface area contributed by atoms with Crippen molar-refractivity contribution in [3.05, 3.63) is 59.7 Å². The lowest BCUT2D eigenvalue weighted by atomic mass is 10.1. The molecule has 0 amide bonds. The average Bonchev–Trinajstić information content (AvgIpc) is 2.49. The largest absolute Gasteiger partial charge is 0.504 e. The third-order valence-electron chi connectivity index (χ3n) is 2.84. The lowest BCUT2D eigenvalue weighted by molar-refractivity contribution is 0.104. The highest BCUT2D eigenvalue weighted by Crippen LogP contribution is 2.38. The second kappa shape index (κ2) is 5.93. The van der Waals surface area contributed by atoms with Gasteiger partial charge in [-0.05, 0) is 24.3 Å². The molecule has 0 atom stereocenters. The zero-order valence-corrected chi connectivity index (χ0v) is 10.9. The van der Waals surface area contributed by atoms with Crippen LogP contribution in [0, 0.1) is 0 Å². The van der Waals surface area contributed by atoms with E-state index in [1.54, 1.807) is 30.3 Å². The zero-order valence-electron chi connectivity index (χ0n) is 10.9. The van der Waals surface area contributed by atoms with Crippen molar-refractivity contribution in [3.63, 3.8) is 0 Å². The van der Waals surface area contributed by atoms with Gasteiger partial charge in [-0.2, -0.15) is 0 Å². The van der Waals surface area contributed by atoms with Gasteiger partial charge in [-0.3, -0.25) is 4.79 Å². The topological polar surface area (TPSA) is 66.8 Å². The van der Waals surface area contributed by atoms with E-state index in [9.17, 15) is 15.0 Å². The number of phenolic OH excluding ortho intramolecular Hbond substituents is 2. The predicted octanol–water partition coefficient (Wildman–Crippen LogP) is 3.00. The van der Waals surface area contributed by atoms with E-state index in [-0.39, 0.29) is 23.0 Å². The molecule has 0 saturated heterocycles. The second-order valence-corrected chi connectivity index (χ2v) is 4.12. The number of phenols is 2. The van der Waals surface area contributed by atoms with Gasteiger partial charge in [0.05, 0.1) is 7.11 Å². The SMILES string of the molecule is COc1ccc(C=CC(=O)c2ccccc2)c(O)c1O. The molecule has 0 bridgehead atoms. The van der Waals surface area contributed by atoms with E-state index >= 15 is 0 Å². The van der Waals surface area contributed by atoms with E-state index in [1.807, 2.05) is 6.07 Å². The minimum absolute atomic E-state index is 0.175. The quantitative estimate of drug-likeness (QED) is 0.509. The van der Waals surface area contributed by atoms with Crippen LogP contribution in [0.4, 0.5) is 0 Å². The molecule has 20 heavy (non-hydrogen) atoms. The summed E-state index contributed by atoms with van der Waals surface area (Å²) in [5.74, 6) is -0.669. The van der Waals surface area contributed by atoms with Crippen molar-refractivity contribution in [3.8, 4) is 17.2 Å². The van der Waals surface area contributed by atoms with Crippen LogP contribution < -0.4 is 4.74 Å². The van der Waals surface area contributed by atoms with Gasteiger partial charge in [0.15, 0.2) is 17.3 Å².